The third kappa shape index (κ3) is 3.92. The molecule has 176 valence electrons. The number of para-hydroxylation sites is 2. The van der Waals surface area contributed by atoms with Gasteiger partial charge in [0.05, 0.1) is 23.3 Å². The van der Waals surface area contributed by atoms with Crippen LogP contribution in [0.1, 0.15) is 21.5 Å². The molecule has 0 unspecified atom stereocenters. The summed E-state index contributed by atoms with van der Waals surface area (Å²) in [5.41, 5.74) is 2.55. The molecule has 9 heteroatoms. The molecule has 34 heavy (non-hydrogen) atoms. The molecule has 0 radical (unpaired) electrons. The molecular weight excluding hydrogens is 456 g/mol. The number of fused-ring (bicyclic) bond motifs is 2. The minimum Gasteiger partial charge on any atom is -0.496 e. The van der Waals surface area contributed by atoms with Gasteiger partial charge in [-0.05, 0) is 42.3 Å². The van der Waals surface area contributed by atoms with Crippen LogP contribution in [0.5, 0.6) is 17.2 Å². The second kappa shape index (κ2) is 8.90. The molecule has 0 aromatic heterocycles. The number of carbonyl (C=O) groups is 1. The van der Waals surface area contributed by atoms with E-state index in [4.69, 9.17) is 14.2 Å². The maximum atomic E-state index is 13.4. The van der Waals surface area contributed by atoms with Crippen molar-refractivity contribution >= 4 is 21.6 Å². The van der Waals surface area contributed by atoms with Crippen molar-refractivity contribution in [2.75, 3.05) is 31.2 Å². The zero-order valence-electron chi connectivity index (χ0n) is 18.6. The van der Waals surface area contributed by atoms with Gasteiger partial charge in [0.2, 0.25) is 0 Å². The molecule has 5 rings (SSSR count). The molecule has 8 nitrogen and oxygen atoms in total. The number of anilines is 1. The zero-order chi connectivity index (χ0) is 23.7. The molecule has 2 aliphatic heterocycles. The number of carbonyl (C=O) groups excluding carboxylic acids is 1. The van der Waals surface area contributed by atoms with Crippen LogP contribution in [0, 0.1) is 0 Å². The van der Waals surface area contributed by atoms with Gasteiger partial charge in [-0.2, -0.15) is 0 Å². The van der Waals surface area contributed by atoms with Gasteiger partial charge in [0, 0.05) is 18.7 Å². The predicted octanol–water partition coefficient (Wildman–Crippen LogP) is 3.15. The first-order chi connectivity index (χ1) is 16.5. The van der Waals surface area contributed by atoms with E-state index in [2.05, 4.69) is 5.32 Å². The Kier molecular flexibility index (Phi) is 5.79. The molecule has 2 aliphatic rings. The number of nitrogens with zero attached hydrogens (tertiary/aromatic N) is 1. The fourth-order valence-corrected chi connectivity index (χ4v) is 5.78. The molecule has 0 saturated carbocycles. The molecule has 3 aromatic rings. The van der Waals surface area contributed by atoms with Crippen molar-refractivity contribution in [1.82, 2.24) is 5.32 Å². The van der Waals surface area contributed by atoms with E-state index in [-0.39, 0.29) is 22.8 Å². The van der Waals surface area contributed by atoms with Crippen LogP contribution < -0.4 is 23.8 Å². The molecule has 1 N–H and O–H groups in total. The average Bonchev–Trinajstić information content (AvgIpc) is 3.32. The summed E-state index contributed by atoms with van der Waals surface area (Å²) < 4.78 is 44.9. The minimum absolute atomic E-state index is 0.0315. The number of ether oxygens (including phenoxy) is 3. The molecule has 0 spiro atoms. The third-order valence-electron chi connectivity index (χ3n) is 5.94. The fourth-order valence-electron chi connectivity index (χ4n) is 4.25. The highest BCUT2D eigenvalue weighted by Crippen LogP contribution is 2.35. The van der Waals surface area contributed by atoms with Crippen LogP contribution in [0.3, 0.4) is 0 Å². The Hall–Kier alpha value is -3.72. The van der Waals surface area contributed by atoms with Crippen LogP contribution in [0.4, 0.5) is 5.69 Å². The number of amides is 1. The Balaban J connectivity index is 1.41. The summed E-state index contributed by atoms with van der Waals surface area (Å²) >= 11 is 0. The van der Waals surface area contributed by atoms with Crippen molar-refractivity contribution in [1.29, 1.82) is 0 Å². The first-order valence-corrected chi connectivity index (χ1v) is 12.4. The van der Waals surface area contributed by atoms with Crippen LogP contribution in [0.2, 0.25) is 0 Å². The van der Waals surface area contributed by atoms with Crippen molar-refractivity contribution in [3.05, 3.63) is 77.4 Å². The molecule has 0 fully saturated rings. The summed E-state index contributed by atoms with van der Waals surface area (Å²) in [7, 11) is -2.41. The summed E-state index contributed by atoms with van der Waals surface area (Å²) in [6.45, 7) is 1.45. The van der Waals surface area contributed by atoms with Gasteiger partial charge in [-0.15, -0.1) is 0 Å². The maximum Gasteiger partial charge on any atom is 0.264 e. The second-order valence-corrected chi connectivity index (χ2v) is 9.80. The Morgan fingerprint density at radius 3 is 2.74 bits per heavy atom. The van der Waals surface area contributed by atoms with Gasteiger partial charge in [-0.25, -0.2) is 8.42 Å². The van der Waals surface area contributed by atoms with Crippen molar-refractivity contribution < 1.29 is 27.4 Å². The number of nitrogens with one attached hydrogen (secondary N) is 1. The lowest BCUT2D eigenvalue weighted by atomic mass is 10.1. The largest absolute Gasteiger partial charge is 0.496 e. The van der Waals surface area contributed by atoms with Crippen molar-refractivity contribution in [3.8, 4) is 17.2 Å². The monoisotopic (exact) mass is 480 g/mol. The van der Waals surface area contributed by atoms with E-state index in [1.807, 2.05) is 36.4 Å². The minimum atomic E-state index is -3.85. The standard InChI is InChI=1S/C25H24N2O6S/c1-31-22-10-9-19(34(29,30)27-12-11-17-5-2-3-7-21(17)27)15-20(22)25(28)26-16-18-6-4-8-23-24(18)33-14-13-32-23/h2-10,15H,11-14,16H2,1H3,(H,26,28). The van der Waals surface area contributed by atoms with Gasteiger partial charge >= 0.3 is 0 Å². The van der Waals surface area contributed by atoms with Gasteiger partial charge in [0.1, 0.15) is 19.0 Å². The highest BCUT2D eigenvalue weighted by molar-refractivity contribution is 7.92. The van der Waals surface area contributed by atoms with E-state index in [1.54, 1.807) is 6.07 Å². The number of hydrogen-bond acceptors (Lipinski definition) is 6. The Labute approximate surface area is 198 Å². The van der Waals surface area contributed by atoms with E-state index < -0.39 is 15.9 Å². The molecule has 0 atom stereocenters. The zero-order valence-corrected chi connectivity index (χ0v) is 19.4. The van der Waals surface area contributed by atoms with Crippen LogP contribution in [0.15, 0.2) is 65.6 Å². The van der Waals surface area contributed by atoms with E-state index in [0.29, 0.717) is 43.4 Å². The van der Waals surface area contributed by atoms with Gasteiger partial charge in [-0.1, -0.05) is 30.3 Å². The average molecular weight is 481 g/mol. The number of sulfonamides is 1. The van der Waals surface area contributed by atoms with Crippen LogP contribution in [-0.4, -0.2) is 41.2 Å². The van der Waals surface area contributed by atoms with Crippen LogP contribution >= 0.6 is 0 Å². The first-order valence-electron chi connectivity index (χ1n) is 10.9. The third-order valence-corrected chi connectivity index (χ3v) is 7.74. The summed E-state index contributed by atoms with van der Waals surface area (Å²) in [4.78, 5) is 13.1. The lowest BCUT2D eigenvalue weighted by molar-refractivity contribution is 0.0946. The summed E-state index contributed by atoms with van der Waals surface area (Å²) in [5, 5.41) is 2.84. The van der Waals surface area contributed by atoms with E-state index in [0.717, 1.165) is 11.1 Å². The number of benzene rings is 3. The molecule has 0 aliphatic carbocycles. The van der Waals surface area contributed by atoms with Gasteiger partial charge in [0.15, 0.2) is 11.5 Å². The Bertz CT molecular complexity index is 1360. The summed E-state index contributed by atoms with van der Waals surface area (Å²) in [6, 6.07) is 17.3. The highest BCUT2D eigenvalue weighted by atomic mass is 32.2. The number of rotatable bonds is 6. The molecule has 1 amide bonds. The van der Waals surface area contributed by atoms with Crippen LogP contribution in [-0.2, 0) is 23.0 Å². The molecular formula is C25H24N2O6S. The highest BCUT2D eigenvalue weighted by Gasteiger charge is 2.31. The first kappa shape index (κ1) is 22.1. The second-order valence-electron chi connectivity index (χ2n) is 7.94. The van der Waals surface area contributed by atoms with Crippen molar-refractivity contribution in [2.45, 2.75) is 17.9 Å². The Morgan fingerprint density at radius 1 is 1.06 bits per heavy atom. The smallest absolute Gasteiger partial charge is 0.264 e. The number of methoxy groups -OCH3 is 1. The molecule has 0 saturated heterocycles. The maximum absolute atomic E-state index is 13.4. The molecule has 2 heterocycles. The lowest BCUT2D eigenvalue weighted by Crippen LogP contribution is -2.30. The molecule has 0 bridgehead atoms. The van der Waals surface area contributed by atoms with Crippen molar-refractivity contribution in [3.63, 3.8) is 0 Å². The molecule has 3 aromatic carbocycles. The quantitative estimate of drug-likeness (QED) is 0.583. The van der Waals surface area contributed by atoms with Gasteiger partial charge < -0.3 is 19.5 Å². The number of hydrogen-bond donors (Lipinski definition) is 1. The van der Waals surface area contributed by atoms with Crippen molar-refractivity contribution in [2.24, 2.45) is 0 Å². The van der Waals surface area contributed by atoms with Gasteiger partial charge in [-0.3, -0.25) is 9.10 Å². The van der Waals surface area contributed by atoms with Gasteiger partial charge in [0.25, 0.3) is 15.9 Å². The summed E-state index contributed by atoms with van der Waals surface area (Å²) in [6.07, 6.45) is 0.645. The summed E-state index contributed by atoms with van der Waals surface area (Å²) in [5.74, 6) is 1.07. The predicted molar refractivity (Wildman–Crippen MR) is 126 cm³/mol. The Morgan fingerprint density at radius 2 is 1.88 bits per heavy atom. The van der Waals surface area contributed by atoms with Crippen LogP contribution in [0.25, 0.3) is 0 Å². The lowest BCUT2D eigenvalue weighted by Gasteiger charge is -2.21. The SMILES string of the molecule is COc1ccc(S(=O)(=O)N2CCc3ccccc32)cc1C(=O)NCc1cccc2c1OCCO2. The van der Waals surface area contributed by atoms with E-state index in [9.17, 15) is 13.2 Å². The van der Waals surface area contributed by atoms with E-state index in [1.165, 1.54) is 29.6 Å². The fraction of sp³-hybridized carbons (Fsp3) is 0.240. The van der Waals surface area contributed by atoms with E-state index >= 15 is 0 Å². The topological polar surface area (TPSA) is 94.2 Å². The normalized spacial score (nSPS) is 14.4.